The van der Waals surface area contributed by atoms with Crippen molar-refractivity contribution in [2.45, 2.75) is 19.4 Å². The molecule has 6 nitrogen and oxygen atoms in total. The maximum atomic E-state index is 12.1. The molecule has 1 aliphatic rings. The highest BCUT2D eigenvalue weighted by molar-refractivity contribution is 7.11. The number of carbonyl (C=O) groups excluding carboxylic acids is 1. The van der Waals surface area contributed by atoms with Crippen molar-refractivity contribution in [3.8, 4) is 0 Å². The number of carboxylic acid groups (broad SMARTS) is 1. The van der Waals surface area contributed by atoms with Crippen LogP contribution in [0.2, 0.25) is 0 Å². The number of carboxylic acids is 1. The molecular formula is C11H14N2O4S. The van der Waals surface area contributed by atoms with Crippen molar-refractivity contribution < 1.29 is 19.4 Å². The molecule has 0 radical (unpaired) electrons. The highest BCUT2D eigenvalue weighted by Crippen LogP contribution is 2.16. The zero-order valence-corrected chi connectivity index (χ0v) is 10.8. The van der Waals surface area contributed by atoms with Gasteiger partial charge in [-0.1, -0.05) is 6.92 Å². The molecule has 1 amide bonds. The predicted octanol–water partition coefficient (Wildman–Crippen LogP) is 1.09. The highest BCUT2D eigenvalue weighted by atomic mass is 32.1. The van der Waals surface area contributed by atoms with E-state index in [4.69, 9.17) is 9.84 Å². The van der Waals surface area contributed by atoms with Gasteiger partial charge in [-0.25, -0.2) is 9.78 Å². The summed E-state index contributed by atoms with van der Waals surface area (Å²) in [5, 5.41) is 10.4. The summed E-state index contributed by atoms with van der Waals surface area (Å²) < 4.78 is 5.48. The van der Waals surface area contributed by atoms with Crippen molar-refractivity contribution in [1.82, 2.24) is 9.88 Å². The average Bonchev–Trinajstić information content (AvgIpc) is 2.87. The van der Waals surface area contributed by atoms with Gasteiger partial charge in [0.2, 0.25) is 0 Å². The second-order valence-electron chi connectivity index (χ2n) is 4.00. The standard InChI is InChI=1S/C11H14N2O4S/c1-2-7-5-13(3-4-17-7)10(14)9-12-8(6-18-9)11(15)16/h6-7H,2-5H2,1H3,(H,15,16). The zero-order valence-electron chi connectivity index (χ0n) is 9.96. The van der Waals surface area contributed by atoms with E-state index in [2.05, 4.69) is 4.98 Å². The van der Waals surface area contributed by atoms with Crippen LogP contribution in [0.4, 0.5) is 0 Å². The molecule has 2 heterocycles. The summed E-state index contributed by atoms with van der Waals surface area (Å²) in [5.74, 6) is -1.33. The Bertz CT molecular complexity index is 460. The summed E-state index contributed by atoms with van der Waals surface area (Å²) >= 11 is 1.06. The largest absolute Gasteiger partial charge is 0.476 e. The summed E-state index contributed by atoms with van der Waals surface area (Å²) in [6.07, 6.45) is 0.906. The molecule has 0 spiro atoms. The summed E-state index contributed by atoms with van der Waals surface area (Å²) in [6, 6.07) is 0. The van der Waals surface area contributed by atoms with E-state index in [0.717, 1.165) is 17.8 Å². The van der Waals surface area contributed by atoms with Crippen LogP contribution in [0, 0.1) is 0 Å². The molecule has 7 heteroatoms. The van der Waals surface area contributed by atoms with Crippen molar-refractivity contribution in [2.24, 2.45) is 0 Å². The number of nitrogens with zero attached hydrogens (tertiary/aromatic N) is 2. The Morgan fingerprint density at radius 1 is 1.67 bits per heavy atom. The number of morpholine rings is 1. The minimum atomic E-state index is -1.11. The van der Waals surface area contributed by atoms with Gasteiger partial charge < -0.3 is 14.7 Å². The smallest absolute Gasteiger partial charge is 0.355 e. The summed E-state index contributed by atoms with van der Waals surface area (Å²) in [5.41, 5.74) is -0.0800. The first-order valence-electron chi connectivity index (χ1n) is 5.71. The molecule has 18 heavy (non-hydrogen) atoms. The van der Waals surface area contributed by atoms with Crippen LogP contribution < -0.4 is 0 Å². The first-order chi connectivity index (χ1) is 8.61. The fourth-order valence-corrected chi connectivity index (χ4v) is 2.51. The van der Waals surface area contributed by atoms with E-state index in [0.29, 0.717) is 19.7 Å². The van der Waals surface area contributed by atoms with Gasteiger partial charge in [-0.05, 0) is 6.42 Å². The number of aromatic nitrogens is 1. The number of carbonyl (C=O) groups is 2. The molecule has 1 aromatic heterocycles. The van der Waals surface area contributed by atoms with Crippen molar-refractivity contribution in [1.29, 1.82) is 0 Å². The molecule has 1 saturated heterocycles. The van der Waals surface area contributed by atoms with Crippen molar-refractivity contribution >= 4 is 23.2 Å². The third-order valence-electron chi connectivity index (χ3n) is 2.79. The SMILES string of the molecule is CCC1CN(C(=O)c2nc(C(=O)O)cs2)CCO1. The van der Waals surface area contributed by atoms with Crippen LogP contribution >= 0.6 is 11.3 Å². The maximum absolute atomic E-state index is 12.1. The Morgan fingerprint density at radius 3 is 3.06 bits per heavy atom. The lowest BCUT2D eigenvalue weighted by Crippen LogP contribution is -2.45. The fourth-order valence-electron chi connectivity index (χ4n) is 1.76. The van der Waals surface area contributed by atoms with E-state index >= 15 is 0 Å². The lowest BCUT2D eigenvalue weighted by Gasteiger charge is -2.31. The molecule has 1 fully saturated rings. The third kappa shape index (κ3) is 2.68. The average molecular weight is 270 g/mol. The Labute approximate surface area is 108 Å². The molecule has 2 rings (SSSR count). The van der Waals surface area contributed by atoms with E-state index in [-0.39, 0.29) is 22.7 Å². The first-order valence-corrected chi connectivity index (χ1v) is 6.59. The fraction of sp³-hybridized carbons (Fsp3) is 0.545. The molecule has 0 aliphatic carbocycles. The number of amides is 1. The van der Waals surface area contributed by atoms with E-state index in [1.54, 1.807) is 4.90 Å². The van der Waals surface area contributed by atoms with Crippen LogP contribution in [0.15, 0.2) is 5.38 Å². The molecule has 98 valence electrons. The highest BCUT2D eigenvalue weighted by Gasteiger charge is 2.26. The lowest BCUT2D eigenvalue weighted by atomic mass is 10.2. The van der Waals surface area contributed by atoms with Gasteiger partial charge in [0.25, 0.3) is 5.91 Å². The van der Waals surface area contributed by atoms with Crippen LogP contribution in [0.25, 0.3) is 0 Å². The van der Waals surface area contributed by atoms with Gasteiger partial charge >= 0.3 is 5.97 Å². The summed E-state index contributed by atoms with van der Waals surface area (Å²) in [7, 11) is 0. The monoisotopic (exact) mass is 270 g/mol. The number of rotatable bonds is 3. The summed E-state index contributed by atoms with van der Waals surface area (Å²) in [4.78, 5) is 28.3. The molecule has 1 aromatic rings. The first kappa shape index (κ1) is 13.0. The maximum Gasteiger partial charge on any atom is 0.355 e. The number of hydrogen-bond donors (Lipinski definition) is 1. The Morgan fingerprint density at radius 2 is 2.44 bits per heavy atom. The minimum Gasteiger partial charge on any atom is -0.476 e. The summed E-state index contributed by atoms with van der Waals surface area (Å²) in [6.45, 7) is 3.58. The van der Waals surface area contributed by atoms with Gasteiger partial charge in [-0.15, -0.1) is 11.3 Å². The molecule has 1 unspecified atom stereocenters. The zero-order chi connectivity index (χ0) is 13.1. The van der Waals surface area contributed by atoms with Crippen LogP contribution in [0.1, 0.15) is 33.6 Å². The van der Waals surface area contributed by atoms with Gasteiger partial charge in [0, 0.05) is 18.5 Å². The molecule has 0 bridgehead atoms. The normalized spacial score (nSPS) is 19.8. The second-order valence-corrected chi connectivity index (χ2v) is 4.85. The Hall–Kier alpha value is -1.47. The van der Waals surface area contributed by atoms with Gasteiger partial charge in [0.05, 0.1) is 12.7 Å². The second kappa shape index (κ2) is 5.45. The van der Waals surface area contributed by atoms with E-state index in [1.165, 1.54) is 5.38 Å². The molecule has 1 N–H and O–H groups in total. The van der Waals surface area contributed by atoms with Crippen LogP contribution in [0.3, 0.4) is 0 Å². The lowest BCUT2D eigenvalue weighted by molar-refractivity contribution is -0.0226. The third-order valence-corrected chi connectivity index (χ3v) is 3.62. The molecule has 1 aliphatic heterocycles. The van der Waals surface area contributed by atoms with Gasteiger partial charge in [0.1, 0.15) is 0 Å². The van der Waals surface area contributed by atoms with Gasteiger partial charge in [0.15, 0.2) is 10.7 Å². The Kier molecular flexibility index (Phi) is 3.93. The number of hydrogen-bond acceptors (Lipinski definition) is 5. The topological polar surface area (TPSA) is 79.7 Å². The molecule has 0 saturated carbocycles. The number of aromatic carboxylic acids is 1. The van der Waals surface area contributed by atoms with Crippen molar-refractivity contribution in [3.63, 3.8) is 0 Å². The molecule has 0 aromatic carbocycles. The Balaban J connectivity index is 2.07. The van der Waals surface area contributed by atoms with E-state index in [9.17, 15) is 9.59 Å². The molecular weight excluding hydrogens is 256 g/mol. The van der Waals surface area contributed by atoms with E-state index < -0.39 is 5.97 Å². The quantitative estimate of drug-likeness (QED) is 0.889. The predicted molar refractivity (Wildman–Crippen MR) is 65.0 cm³/mol. The molecule has 1 atom stereocenters. The number of thiazole rings is 1. The van der Waals surface area contributed by atoms with Crippen molar-refractivity contribution in [3.05, 3.63) is 16.1 Å². The van der Waals surface area contributed by atoms with Crippen molar-refractivity contribution in [2.75, 3.05) is 19.7 Å². The van der Waals surface area contributed by atoms with E-state index in [1.807, 2.05) is 6.92 Å². The van der Waals surface area contributed by atoms with Gasteiger partial charge in [-0.3, -0.25) is 4.79 Å². The van der Waals surface area contributed by atoms with Gasteiger partial charge in [-0.2, -0.15) is 0 Å². The van der Waals surface area contributed by atoms with Crippen LogP contribution in [0.5, 0.6) is 0 Å². The minimum absolute atomic E-state index is 0.0570. The van der Waals surface area contributed by atoms with Crippen LogP contribution in [-0.4, -0.2) is 52.7 Å². The van der Waals surface area contributed by atoms with Crippen LogP contribution in [-0.2, 0) is 4.74 Å². The number of ether oxygens (including phenoxy) is 1.